The maximum atomic E-state index is 11.2. The van der Waals surface area contributed by atoms with Crippen LogP contribution in [0.15, 0.2) is 0 Å². The third-order valence-electron chi connectivity index (χ3n) is 2.72. The molecule has 90 valence electrons. The van der Waals surface area contributed by atoms with Crippen molar-refractivity contribution in [2.45, 2.75) is 32.8 Å². The fourth-order valence-corrected chi connectivity index (χ4v) is 1.48. The number of rotatable bonds is 7. The Balaban J connectivity index is 3.71. The molecule has 0 spiro atoms. The lowest BCUT2D eigenvalue weighted by molar-refractivity contribution is -0.127. The maximum absolute atomic E-state index is 11.2. The zero-order valence-corrected chi connectivity index (χ0v) is 10.3. The molecule has 0 heterocycles. The van der Waals surface area contributed by atoms with Gasteiger partial charge in [0.2, 0.25) is 5.91 Å². The van der Waals surface area contributed by atoms with Crippen LogP contribution in [0.25, 0.3) is 0 Å². The molecule has 0 aliphatic rings. The third-order valence-corrected chi connectivity index (χ3v) is 2.72. The molecule has 4 nitrogen and oxygen atoms in total. The maximum Gasteiger partial charge on any atom is 0.236 e. The van der Waals surface area contributed by atoms with E-state index in [1.807, 2.05) is 0 Å². The molecule has 0 aromatic rings. The molecule has 0 fully saturated rings. The van der Waals surface area contributed by atoms with E-state index in [1.165, 1.54) is 4.90 Å². The average molecular weight is 216 g/mol. The van der Waals surface area contributed by atoms with Crippen LogP contribution in [0.4, 0.5) is 0 Å². The lowest BCUT2D eigenvalue weighted by atomic mass is 9.97. The van der Waals surface area contributed by atoms with Crippen LogP contribution in [0.5, 0.6) is 0 Å². The zero-order chi connectivity index (χ0) is 11.8. The second-order valence-electron chi connectivity index (χ2n) is 4.06. The summed E-state index contributed by atoms with van der Waals surface area (Å²) < 4.78 is 0. The van der Waals surface area contributed by atoms with Crippen LogP contribution in [0.1, 0.15) is 26.7 Å². The molecule has 1 amide bonds. The van der Waals surface area contributed by atoms with E-state index in [0.717, 1.165) is 12.8 Å². The van der Waals surface area contributed by atoms with Gasteiger partial charge in [0.15, 0.2) is 0 Å². The van der Waals surface area contributed by atoms with Gasteiger partial charge in [0, 0.05) is 20.6 Å². The van der Waals surface area contributed by atoms with Crippen molar-refractivity contribution in [3.63, 3.8) is 0 Å². The van der Waals surface area contributed by atoms with Crippen LogP contribution in [0, 0.1) is 5.92 Å². The minimum atomic E-state index is -0.352. The van der Waals surface area contributed by atoms with Crippen LogP contribution in [-0.4, -0.2) is 49.2 Å². The predicted molar refractivity (Wildman–Crippen MR) is 61.6 cm³/mol. The fraction of sp³-hybridized carbons (Fsp3) is 0.909. The number of hydrogen-bond acceptors (Lipinski definition) is 3. The highest BCUT2D eigenvalue weighted by Crippen LogP contribution is 2.11. The molecule has 0 saturated heterocycles. The van der Waals surface area contributed by atoms with E-state index >= 15 is 0 Å². The van der Waals surface area contributed by atoms with Gasteiger partial charge < -0.3 is 15.3 Å². The number of nitrogens with zero attached hydrogens (tertiary/aromatic N) is 1. The zero-order valence-electron chi connectivity index (χ0n) is 10.3. The molecule has 2 N–H and O–H groups in total. The van der Waals surface area contributed by atoms with Crippen molar-refractivity contribution < 1.29 is 9.90 Å². The van der Waals surface area contributed by atoms with Gasteiger partial charge in [0.25, 0.3) is 0 Å². The quantitative estimate of drug-likeness (QED) is 0.650. The van der Waals surface area contributed by atoms with E-state index in [4.69, 9.17) is 0 Å². The van der Waals surface area contributed by atoms with Crippen molar-refractivity contribution in [1.29, 1.82) is 0 Å². The van der Waals surface area contributed by atoms with Crippen molar-refractivity contribution in [3.8, 4) is 0 Å². The lowest BCUT2D eigenvalue weighted by Crippen LogP contribution is -2.38. The van der Waals surface area contributed by atoms with Crippen LogP contribution < -0.4 is 5.32 Å². The number of amides is 1. The number of likely N-dealkylation sites (N-methyl/N-ethyl adjacent to an activating group) is 1. The molecule has 0 aliphatic carbocycles. The summed E-state index contributed by atoms with van der Waals surface area (Å²) in [5, 5.41) is 12.7. The highest BCUT2D eigenvalue weighted by atomic mass is 16.3. The van der Waals surface area contributed by atoms with Crippen molar-refractivity contribution in [3.05, 3.63) is 0 Å². The highest BCUT2D eigenvalue weighted by molar-refractivity contribution is 5.77. The minimum absolute atomic E-state index is 0.0340. The van der Waals surface area contributed by atoms with Gasteiger partial charge in [-0.1, -0.05) is 26.7 Å². The van der Waals surface area contributed by atoms with Crippen LogP contribution in [-0.2, 0) is 4.79 Å². The molecule has 0 rings (SSSR count). The first kappa shape index (κ1) is 14.4. The van der Waals surface area contributed by atoms with Crippen LogP contribution >= 0.6 is 0 Å². The molecule has 0 saturated carbocycles. The van der Waals surface area contributed by atoms with Gasteiger partial charge >= 0.3 is 0 Å². The summed E-state index contributed by atoms with van der Waals surface area (Å²) in [4.78, 5) is 12.8. The summed E-state index contributed by atoms with van der Waals surface area (Å²) in [6.07, 6.45) is 1.59. The van der Waals surface area contributed by atoms with E-state index in [0.29, 0.717) is 19.0 Å². The molecular weight excluding hydrogens is 192 g/mol. The SMILES string of the molecule is CCC(CC)C(O)CNCC(=O)N(C)C. The van der Waals surface area contributed by atoms with E-state index in [2.05, 4.69) is 19.2 Å². The van der Waals surface area contributed by atoms with Crippen molar-refractivity contribution in [1.82, 2.24) is 10.2 Å². The van der Waals surface area contributed by atoms with Gasteiger partial charge in [0.05, 0.1) is 12.6 Å². The molecule has 0 aromatic carbocycles. The molecule has 1 atom stereocenters. The van der Waals surface area contributed by atoms with E-state index < -0.39 is 0 Å². The fourth-order valence-electron chi connectivity index (χ4n) is 1.48. The van der Waals surface area contributed by atoms with Gasteiger partial charge in [0.1, 0.15) is 0 Å². The summed E-state index contributed by atoms with van der Waals surface area (Å²) >= 11 is 0. The number of carbonyl (C=O) groups excluding carboxylic acids is 1. The molecule has 0 radical (unpaired) electrons. The number of nitrogens with one attached hydrogen (secondary N) is 1. The first-order valence-corrected chi connectivity index (χ1v) is 5.61. The van der Waals surface area contributed by atoms with Gasteiger partial charge in [-0.2, -0.15) is 0 Å². The minimum Gasteiger partial charge on any atom is -0.392 e. The Morgan fingerprint density at radius 3 is 2.27 bits per heavy atom. The van der Waals surface area contributed by atoms with Crippen LogP contribution in [0.3, 0.4) is 0 Å². The first-order valence-electron chi connectivity index (χ1n) is 5.61. The monoisotopic (exact) mass is 216 g/mol. The molecule has 1 unspecified atom stereocenters. The summed E-state index contributed by atoms with van der Waals surface area (Å²) in [6, 6.07) is 0. The topological polar surface area (TPSA) is 52.6 Å². The Morgan fingerprint density at radius 2 is 1.87 bits per heavy atom. The Kier molecular flexibility index (Phi) is 7.34. The average Bonchev–Trinajstić information content (AvgIpc) is 2.19. The molecule has 4 heteroatoms. The second-order valence-corrected chi connectivity index (χ2v) is 4.06. The largest absolute Gasteiger partial charge is 0.392 e. The summed E-state index contributed by atoms with van der Waals surface area (Å²) in [7, 11) is 3.45. The van der Waals surface area contributed by atoms with E-state index in [9.17, 15) is 9.90 Å². The predicted octanol–water partition coefficient (Wildman–Crippen LogP) is 0.461. The lowest BCUT2D eigenvalue weighted by Gasteiger charge is -2.20. The number of carbonyl (C=O) groups is 1. The van der Waals surface area contributed by atoms with Crippen molar-refractivity contribution in [2.24, 2.45) is 5.92 Å². The number of aliphatic hydroxyl groups is 1. The molecule has 0 aromatic heterocycles. The molecular formula is C11H24N2O2. The van der Waals surface area contributed by atoms with Gasteiger partial charge in [-0.25, -0.2) is 0 Å². The summed E-state index contributed by atoms with van der Waals surface area (Å²) in [5.74, 6) is 0.360. The first-order chi connectivity index (χ1) is 7.02. The summed E-state index contributed by atoms with van der Waals surface area (Å²) in [6.45, 7) is 4.93. The highest BCUT2D eigenvalue weighted by Gasteiger charge is 2.15. The van der Waals surface area contributed by atoms with Gasteiger partial charge in [-0.15, -0.1) is 0 Å². The van der Waals surface area contributed by atoms with E-state index in [1.54, 1.807) is 14.1 Å². The van der Waals surface area contributed by atoms with Gasteiger partial charge in [-0.3, -0.25) is 4.79 Å². The van der Waals surface area contributed by atoms with Gasteiger partial charge in [-0.05, 0) is 5.92 Å². The Labute approximate surface area is 92.7 Å². The molecule has 0 bridgehead atoms. The molecule has 0 aliphatic heterocycles. The number of aliphatic hydroxyl groups excluding tert-OH is 1. The van der Waals surface area contributed by atoms with E-state index in [-0.39, 0.29) is 12.0 Å². The van der Waals surface area contributed by atoms with Crippen molar-refractivity contribution >= 4 is 5.91 Å². The second kappa shape index (κ2) is 7.65. The van der Waals surface area contributed by atoms with Crippen LogP contribution in [0.2, 0.25) is 0 Å². The number of hydrogen-bond donors (Lipinski definition) is 2. The smallest absolute Gasteiger partial charge is 0.236 e. The van der Waals surface area contributed by atoms with Crippen molar-refractivity contribution in [2.75, 3.05) is 27.2 Å². The summed E-state index contributed by atoms with van der Waals surface area (Å²) in [5.41, 5.74) is 0. The molecule has 15 heavy (non-hydrogen) atoms. The Hall–Kier alpha value is -0.610. The Morgan fingerprint density at radius 1 is 1.33 bits per heavy atom. The normalized spacial score (nSPS) is 12.9. The third kappa shape index (κ3) is 5.74. The Bertz CT molecular complexity index is 179. The standard InChI is InChI=1S/C11H24N2O2/c1-5-9(6-2)10(14)7-12-8-11(15)13(3)4/h9-10,12,14H,5-8H2,1-4H3.